The number of nitrogens with zero attached hydrogens (tertiary/aromatic N) is 2. The van der Waals surface area contributed by atoms with Gasteiger partial charge in [0.25, 0.3) is 11.6 Å². The van der Waals surface area contributed by atoms with Crippen molar-refractivity contribution in [2.24, 2.45) is 11.7 Å². The third-order valence-corrected chi connectivity index (χ3v) is 4.69. The van der Waals surface area contributed by atoms with Crippen molar-refractivity contribution in [3.8, 4) is 0 Å². The smallest absolute Gasteiger partial charge is 0.293 e. The molecule has 2 unspecified atom stereocenters. The third-order valence-electron chi connectivity index (χ3n) is 4.69. The molecule has 1 aliphatic rings. The fraction of sp³-hybridized carbons (Fsp3) is 0.529. The first-order valence-electron chi connectivity index (χ1n) is 8.48. The van der Waals surface area contributed by atoms with Gasteiger partial charge in [0.2, 0.25) is 5.91 Å². The maximum absolute atomic E-state index is 12.4. The maximum Gasteiger partial charge on any atom is 0.293 e. The lowest BCUT2D eigenvalue weighted by Gasteiger charge is -2.21. The molecule has 25 heavy (non-hydrogen) atoms. The first-order valence-corrected chi connectivity index (χ1v) is 8.48. The zero-order valence-corrected chi connectivity index (χ0v) is 14.5. The van der Waals surface area contributed by atoms with Gasteiger partial charge in [-0.05, 0) is 30.9 Å². The molecule has 8 nitrogen and oxygen atoms in total. The van der Waals surface area contributed by atoms with Gasteiger partial charge in [-0.1, -0.05) is 20.3 Å². The summed E-state index contributed by atoms with van der Waals surface area (Å²) in [4.78, 5) is 36.9. The zero-order valence-electron chi connectivity index (χ0n) is 14.5. The molecule has 0 spiro atoms. The number of nitrogens with one attached hydrogen (secondary N) is 1. The average molecular weight is 348 g/mol. The van der Waals surface area contributed by atoms with Crippen molar-refractivity contribution in [2.45, 2.75) is 39.2 Å². The third kappa shape index (κ3) is 4.26. The summed E-state index contributed by atoms with van der Waals surface area (Å²) in [5.74, 6) is -1.29. The van der Waals surface area contributed by atoms with Gasteiger partial charge >= 0.3 is 0 Å². The van der Waals surface area contributed by atoms with Gasteiger partial charge in [0.15, 0.2) is 0 Å². The fourth-order valence-corrected chi connectivity index (χ4v) is 2.99. The lowest BCUT2D eigenvalue weighted by molar-refractivity contribution is -0.384. The Morgan fingerprint density at radius 2 is 2.00 bits per heavy atom. The van der Waals surface area contributed by atoms with E-state index in [1.165, 1.54) is 6.07 Å². The van der Waals surface area contributed by atoms with Crippen molar-refractivity contribution in [1.82, 2.24) is 5.32 Å². The number of hydrogen-bond acceptors (Lipinski definition) is 5. The molecule has 1 fully saturated rings. The number of nitrogens with two attached hydrogens (primary N) is 1. The molecule has 1 aromatic rings. The van der Waals surface area contributed by atoms with Gasteiger partial charge < -0.3 is 16.0 Å². The number of primary amides is 1. The van der Waals surface area contributed by atoms with Crippen LogP contribution in [-0.4, -0.2) is 35.9 Å². The normalized spacial score (nSPS) is 16.3. The van der Waals surface area contributed by atoms with E-state index in [1.54, 1.807) is 12.1 Å². The molecule has 2 rings (SSSR count). The minimum absolute atomic E-state index is 0.103. The number of rotatable bonds is 7. The number of amides is 2. The average Bonchev–Trinajstić information content (AvgIpc) is 3.12. The van der Waals surface area contributed by atoms with Crippen molar-refractivity contribution < 1.29 is 14.5 Å². The number of carbonyl (C=O) groups excluding carboxylic acids is 2. The fourth-order valence-electron chi connectivity index (χ4n) is 2.99. The van der Waals surface area contributed by atoms with Crippen LogP contribution in [0.25, 0.3) is 0 Å². The molecular formula is C17H24N4O4. The van der Waals surface area contributed by atoms with Crippen molar-refractivity contribution in [3.63, 3.8) is 0 Å². The van der Waals surface area contributed by atoms with E-state index in [1.807, 2.05) is 18.7 Å². The Morgan fingerprint density at radius 3 is 2.52 bits per heavy atom. The molecule has 1 aliphatic heterocycles. The van der Waals surface area contributed by atoms with E-state index in [2.05, 4.69) is 5.32 Å². The van der Waals surface area contributed by atoms with Crippen LogP contribution in [0.1, 0.15) is 43.5 Å². The Balaban J connectivity index is 2.26. The molecule has 136 valence electrons. The molecule has 1 aromatic carbocycles. The highest BCUT2D eigenvalue weighted by molar-refractivity contribution is 5.98. The van der Waals surface area contributed by atoms with Crippen LogP contribution < -0.4 is 16.0 Å². The summed E-state index contributed by atoms with van der Waals surface area (Å²) in [6, 6.07) is 3.60. The maximum atomic E-state index is 12.4. The van der Waals surface area contributed by atoms with Gasteiger partial charge in [-0.3, -0.25) is 19.7 Å². The molecule has 0 radical (unpaired) electrons. The van der Waals surface area contributed by atoms with E-state index >= 15 is 0 Å². The van der Waals surface area contributed by atoms with Crippen LogP contribution in [-0.2, 0) is 4.79 Å². The molecule has 0 saturated carbocycles. The number of anilines is 1. The van der Waals surface area contributed by atoms with Crippen LogP contribution in [0.2, 0.25) is 0 Å². The second kappa shape index (κ2) is 7.96. The van der Waals surface area contributed by atoms with Gasteiger partial charge in [0.1, 0.15) is 11.7 Å². The number of nitro groups is 1. The van der Waals surface area contributed by atoms with E-state index in [-0.39, 0.29) is 17.2 Å². The zero-order chi connectivity index (χ0) is 18.6. The second-order valence-corrected chi connectivity index (χ2v) is 6.39. The topological polar surface area (TPSA) is 119 Å². The number of carbonyl (C=O) groups is 2. The van der Waals surface area contributed by atoms with Crippen LogP contribution >= 0.6 is 0 Å². The van der Waals surface area contributed by atoms with Crippen molar-refractivity contribution in [2.75, 3.05) is 18.0 Å². The predicted octanol–water partition coefficient (Wildman–Crippen LogP) is 1.82. The summed E-state index contributed by atoms with van der Waals surface area (Å²) < 4.78 is 0. The molecule has 0 aliphatic carbocycles. The summed E-state index contributed by atoms with van der Waals surface area (Å²) in [5.41, 5.74) is 5.92. The standard InChI is InChI=1S/C17H24N4O4/c1-3-11(2)15(16(18)22)19-17(23)12-6-7-13(14(10-12)21(24)25)20-8-4-5-9-20/h6-7,10-11,15H,3-5,8-9H2,1-2H3,(H2,18,22)(H,19,23). The van der Waals surface area contributed by atoms with E-state index in [0.29, 0.717) is 12.1 Å². The van der Waals surface area contributed by atoms with E-state index < -0.39 is 22.8 Å². The Kier molecular flexibility index (Phi) is 5.95. The Hall–Kier alpha value is -2.64. The lowest BCUT2D eigenvalue weighted by Crippen LogP contribution is -2.48. The first kappa shape index (κ1) is 18.7. The summed E-state index contributed by atoms with van der Waals surface area (Å²) in [7, 11) is 0. The Bertz CT molecular complexity index is 671. The number of nitro benzene ring substituents is 1. The molecule has 2 atom stereocenters. The molecule has 0 bridgehead atoms. The number of hydrogen-bond donors (Lipinski definition) is 2. The molecular weight excluding hydrogens is 324 g/mol. The van der Waals surface area contributed by atoms with Crippen molar-refractivity contribution >= 4 is 23.2 Å². The summed E-state index contributed by atoms with van der Waals surface area (Å²) in [5, 5.41) is 14.0. The predicted molar refractivity (Wildman–Crippen MR) is 94.4 cm³/mol. The lowest BCUT2D eigenvalue weighted by atomic mass is 9.98. The van der Waals surface area contributed by atoms with Gasteiger partial charge in [-0.25, -0.2) is 0 Å². The van der Waals surface area contributed by atoms with Gasteiger partial charge in [-0.2, -0.15) is 0 Å². The molecule has 0 aromatic heterocycles. The monoisotopic (exact) mass is 348 g/mol. The van der Waals surface area contributed by atoms with Gasteiger partial charge in [0, 0.05) is 24.7 Å². The summed E-state index contributed by atoms with van der Waals surface area (Å²) in [6.07, 6.45) is 2.66. The van der Waals surface area contributed by atoms with Gasteiger partial charge in [-0.15, -0.1) is 0 Å². The van der Waals surface area contributed by atoms with Gasteiger partial charge in [0.05, 0.1) is 4.92 Å². The molecule has 1 heterocycles. The summed E-state index contributed by atoms with van der Waals surface area (Å²) >= 11 is 0. The molecule has 1 saturated heterocycles. The molecule has 2 amide bonds. The minimum Gasteiger partial charge on any atom is -0.368 e. The first-order chi connectivity index (χ1) is 11.8. The van der Waals surface area contributed by atoms with Crippen LogP contribution in [0.4, 0.5) is 11.4 Å². The van der Waals surface area contributed by atoms with Crippen LogP contribution in [0, 0.1) is 16.0 Å². The van der Waals surface area contributed by atoms with E-state index in [4.69, 9.17) is 5.73 Å². The Morgan fingerprint density at radius 1 is 1.36 bits per heavy atom. The SMILES string of the molecule is CCC(C)C(NC(=O)c1ccc(N2CCCC2)c([N+](=O)[O-])c1)C(N)=O. The van der Waals surface area contributed by atoms with Crippen molar-refractivity contribution in [3.05, 3.63) is 33.9 Å². The van der Waals surface area contributed by atoms with Crippen LogP contribution in [0.3, 0.4) is 0 Å². The Labute approximate surface area is 146 Å². The molecule has 3 N–H and O–H groups in total. The second-order valence-electron chi connectivity index (χ2n) is 6.39. The van der Waals surface area contributed by atoms with Crippen molar-refractivity contribution in [1.29, 1.82) is 0 Å². The van der Waals surface area contributed by atoms with Crippen LogP contribution in [0.5, 0.6) is 0 Å². The van der Waals surface area contributed by atoms with E-state index in [9.17, 15) is 19.7 Å². The molecule has 8 heteroatoms. The number of benzene rings is 1. The van der Waals surface area contributed by atoms with E-state index in [0.717, 1.165) is 25.9 Å². The highest BCUT2D eigenvalue weighted by Crippen LogP contribution is 2.31. The summed E-state index contributed by atoms with van der Waals surface area (Å²) in [6.45, 7) is 5.24. The highest BCUT2D eigenvalue weighted by atomic mass is 16.6. The van der Waals surface area contributed by atoms with Crippen LogP contribution in [0.15, 0.2) is 18.2 Å². The minimum atomic E-state index is -0.810. The highest BCUT2D eigenvalue weighted by Gasteiger charge is 2.27. The quantitative estimate of drug-likeness (QED) is 0.575. The largest absolute Gasteiger partial charge is 0.368 e.